The van der Waals surface area contributed by atoms with Crippen LogP contribution < -0.4 is 0 Å². The molecule has 0 aliphatic carbocycles. The molecular formula is C10H13NO4S. The largest absolute Gasteiger partial charge is 0.288 e. The number of sulfone groups is 1. The van der Waals surface area contributed by atoms with Crippen LogP contribution in [0.5, 0.6) is 0 Å². The van der Waals surface area contributed by atoms with Gasteiger partial charge in [0.05, 0.1) is 10.7 Å². The topological polar surface area (TPSA) is 77.3 Å². The van der Waals surface area contributed by atoms with Crippen LogP contribution in [0.1, 0.15) is 18.9 Å². The highest BCUT2D eigenvalue weighted by Crippen LogP contribution is 2.25. The second kappa shape index (κ2) is 4.61. The zero-order valence-corrected chi connectivity index (χ0v) is 9.95. The molecule has 1 aromatic carbocycles. The number of nitrogens with zero attached hydrogens (tertiary/aromatic N) is 1. The number of nitro benzene ring substituents is 1. The zero-order chi connectivity index (χ0) is 12.3. The van der Waals surface area contributed by atoms with Gasteiger partial charge in [0.15, 0.2) is 9.84 Å². The maximum atomic E-state index is 11.8. The fourth-order valence-corrected chi connectivity index (χ4v) is 2.90. The van der Waals surface area contributed by atoms with Gasteiger partial charge in [0.2, 0.25) is 0 Å². The molecule has 5 nitrogen and oxygen atoms in total. The molecule has 0 amide bonds. The molecule has 0 unspecified atom stereocenters. The van der Waals surface area contributed by atoms with Crippen molar-refractivity contribution in [2.75, 3.05) is 5.75 Å². The van der Waals surface area contributed by atoms with Crippen LogP contribution in [0.3, 0.4) is 0 Å². The Morgan fingerprint density at radius 3 is 2.50 bits per heavy atom. The van der Waals surface area contributed by atoms with Gasteiger partial charge in [0.25, 0.3) is 5.69 Å². The standard InChI is InChI=1S/C10H13NO4S/c1-3-6-16(14,15)10-5-4-8(2)7-9(10)11(12)13/h4-5,7H,3,6H2,1-2H3. The Morgan fingerprint density at radius 2 is 2.00 bits per heavy atom. The van der Waals surface area contributed by atoms with Gasteiger partial charge in [-0.05, 0) is 25.0 Å². The van der Waals surface area contributed by atoms with E-state index in [-0.39, 0.29) is 16.3 Å². The first-order valence-electron chi connectivity index (χ1n) is 4.86. The van der Waals surface area contributed by atoms with Crippen LogP contribution in [0.25, 0.3) is 0 Å². The van der Waals surface area contributed by atoms with Gasteiger partial charge in [-0.3, -0.25) is 10.1 Å². The molecule has 0 N–H and O–H groups in total. The average molecular weight is 243 g/mol. The Kier molecular flexibility index (Phi) is 3.64. The van der Waals surface area contributed by atoms with E-state index in [1.165, 1.54) is 12.1 Å². The van der Waals surface area contributed by atoms with Crippen molar-refractivity contribution in [2.24, 2.45) is 0 Å². The first kappa shape index (κ1) is 12.6. The first-order valence-corrected chi connectivity index (χ1v) is 6.51. The summed E-state index contributed by atoms with van der Waals surface area (Å²) in [7, 11) is -3.54. The minimum absolute atomic E-state index is 0.0725. The highest BCUT2D eigenvalue weighted by Gasteiger charge is 2.24. The molecule has 0 saturated heterocycles. The molecule has 16 heavy (non-hydrogen) atoms. The van der Waals surface area contributed by atoms with E-state index < -0.39 is 14.8 Å². The van der Waals surface area contributed by atoms with Crippen LogP contribution in [0.4, 0.5) is 5.69 Å². The summed E-state index contributed by atoms with van der Waals surface area (Å²) in [5.74, 6) is -0.0725. The smallest absolute Gasteiger partial charge is 0.258 e. The molecule has 0 fully saturated rings. The fourth-order valence-electron chi connectivity index (χ4n) is 1.41. The van der Waals surface area contributed by atoms with E-state index in [4.69, 9.17) is 0 Å². The van der Waals surface area contributed by atoms with Gasteiger partial charge in [-0.2, -0.15) is 0 Å². The quantitative estimate of drug-likeness (QED) is 0.599. The summed E-state index contributed by atoms with van der Waals surface area (Å²) in [4.78, 5) is 9.92. The summed E-state index contributed by atoms with van der Waals surface area (Å²) < 4.78 is 23.5. The number of benzene rings is 1. The third-order valence-electron chi connectivity index (χ3n) is 2.12. The van der Waals surface area contributed by atoms with Crippen molar-refractivity contribution in [1.29, 1.82) is 0 Å². The van der Waals surface area contributed by atoms with Gasteiger partial charge < -0.3 is 0 Å². The lowest BCUT2D eigenvalue weighted by molar-refractivity contribution is -0.387. The SMILES string of the molecule is CCCS(=O)(=O)c1ccc(C)cc1[N+](=O)[O-]. The predicted octanol–water partition coefficient (Wildman–Crippen LogP) is 2.09. The van der Waals surface area contributed by atoms with Gasteiger partial charge in [0.1, 0.15) is 4.90 Å². The maximum Gasteiger partial charge on any atom is 0.288 e. The van der Waals surface area contributed by atoms with Crippen molar-refractivity contribution >= 4 is 15.5 Å². The van der Waals surface area contributed by atoms with Crippen LogP contribution in [-0.2, 0) is 9.84 Å². The first-order chi connectivity index (χ1) is 7.38. The molecule has 88 valence electrons. The monoisotopic (exact) mass is 243 g/mol. The Hall–Kier alpha value is -1.43. The molecule has 0 radical (unpaired) electrons. The zero-order valence-electron chi connectivity index (χ0n) is 9.13. The van der Waals surface area contributed by atoms with E-state index in [9.17, 15) is 18.5 Å². The number of rotatable bonds is 4. The Labute approximate surface area is 94.2 Å². The summed E-state index contributed by atoms with van der Waals surface area (Å²) in [6.07, 6.45) is 0.438. The number of aryl methyl sites for hydroxylation is 1. The molecule has 1 aromatic rings. The molecule has 6 heteroatoms. The van der Waals surface area contributed by atoms with E-state index in [1.807, 2.05) is 0 Å². The Bertz CT molecular complexity index is 508. The molecular weight excluding hydrogens is 230 g/mol. The third kappa shape index (κ3) is 2.57. The van der Waals surface area contributed by atoms with Crippen molar-refractivity contribution in [2.45, 2.75) is 25.2 Å². The summed E-state index contributed by atoms with van der Waals surface area (Å²) in [6, 6.07) is 4.15. The molecule has 0 aromatic heterocycles. The molecule has 0 heterocycles. The minimum Gasteiger partial charge on any atom is -0.258 e. The van der Waals surface area contributed by atoms with Crippen LogP contribution >= 0.6 is 0 Å². The van der Waals surface area contributed by atoms with Crippen molar-refractivity contribution < 1.29 is 13.3 Å². The van der Waals surface area contributed by atoms with Gasteiger partial charge in [-0.1, -0.05) is 13.0 Å². The molecule has 1 rings (SSSR count). The summed E-state index contributed by atoms with van der Waals surface area (Å²) in [5, 5.41) is 10.8. The number of hydrogen-bond acceptors (Lipinski definition) is 4. The lowest BCUT2D eigenvalue weighted by Gasteiger charge is -2.04. The van der Waals surface area contributed by atoms with Crippen LogP contribution in [0.2, 0.25) is 0 Å². The normalized spacial score (nSPS) is 11.4. The van der Waals surface area contributed by atoms with E-state index in [2.05, 4.69) is 0 Å². The maximum absolute atomic E-state index is 11.8. The Balaban J connectivity index is 3.39. The predicted molar refractivity (Wildman–Crippen MR) is 60.2 cm³/mol. The molecule has 0 saturated carbocycles. The molecule has 0 aliphatic heterocycles. The number of hydrogen-bond donors (Lipinski definition) is 0. The third-order valence-corrected chi connectivity index (χ3v) is 4.08. The average Bonchev–Trinajstić information content (AvgIpc) is 2.16. The summed E-state index contributed by atoms with van der Waals surface area (Å²) >= 11 is 0. The molecule has 0 bridgehead atoms. The highest BCUT2D eigenvalue weighted by atomic mass is 32.2. The van der Waals surface area contributed by atoms with E-state index in [1.54, 1.807) is 19.9 Å². The van der Waals surface area contributed by atoms with E-state index in [0.717, 1.165) is 0 Å². The van der Waals surface area contributed by atoms with Crippen LogP contribution in [0.15, 0.2) is 23.1 Å². The summed E-state index contributed by atoms with van der Waals surface area (Å²) in [5.41, 5.74) is 0.329. The lowest BCUT2D eigenvalue weighted by Crippen LogP contribution is -2.08. The minimum atomic E-state index is -3.54. The van der Waals surface area contributed by atoms with Gasteiger partial charge in [0, 0.05) is 6.07 Å². The van der Waals surface area contributed by atoms with Crippen molar-refractivity contribution in [3.8, 4) is 0 Å². The second-order valence-corrected chi connectivity index (χ2v) is 5.62. The lowest BCUT2D eigenvalue weighted by atomic mass is 10.2. The molecule has 0 aliphatic rings. The van der Waals surface area contributed by atoms with E-state index in [0.29, 0.717) is 12.0 Å². The Morgan fingerprint density at radius 1 is 1.38 bits per heavy atom. The summed E-state index contributed by atoms with van der Waals surface area (Å²) in [6.45, 7) is 3.40. The highest BCUT2D eigenvalue weighted by molar-refractivity contribution is 7.91. The van der Waals surface area contributed by atoms with Crippen molar-refractivity contribution in [3.63, 3.8) is 0 Å². The number of nitro groups is 1. The van der Waals surface area contributed by atoms with Crippen molar-refractivity contribution in [1.82, 2.24) is 0 Å². The van der Waals surface area contributed by atoms with E-state index >= 15 is 0 Å². The molecule has 0 spiro atoms. The van der Waals surface area contributed by atoms with Gasteiger partial charge >= 0.3 is 0 Å². The fraction of sp³-hybridized carbons (Fsp3) is 0.400. The van der Waals surface area contributed by atoms with Crippen molar-refractivity contribution in [3.05, 3.63) is 33.9 Å². The second-order valence-electron chi connectivity index (χ2n) is 3.55. The van der Waals surface area contributed by atoms with Gasteiger partial charge in [-0.15, -0.1) is 0 Å². The van der Waals surface area contributed by atoms with Gasteiger partial charge in [-0.25, -0.2) is 8.42 Å². The van der Waals surface area contributed by atoms with Crippen LogP contribution in [0, 0.1) is 17.0 Å². The molecule has 0 atom stereocenters. The van der Waals surface area contributed by atoms with Crippen LogP contribution in [-0.4, -0.2) is 19.1 Å².